The summed E-state index contributed by atoms with van der Waals surface area (Å²) in [5.74, 6) is -0.201. The van der Waals surface area contributed by atoms with Crippen molar-refractivity contribution >= 4 is 28.5 Å². The smallest absolute Gasteiger partial charge is 0.253 e. The number of benzene rings is 2. The van der Waals surface area contributed by atoms with Crippen molar-refractivity contribution < 1.29 is 19.1 Å². The first-order chi connectivity index (χ1) is 14.8. The zero-order chi connectivity index (χ0) is 21.8. The van der Waals surface area contributed by atoms with Gasteiger partial charge in [-0.3, -0.25) is 19.5 Å². The molecule has 31 heavy (non-hydrogen) atoms. The highest BCUT2D eigenvalue weighted by molar-refractivity contribution is 6.03. The number of H-pyrrole nitrogens is 1. The summed E-state index contributed by atoms with van der Waals surface area (Å²) in [5.41, 5.74) is 7.91. The van der Waals surface area contributed by atoms with Crippen molar-refractivity contribution in [2.24, 2.45) is 5.73 Å². The van der Waals surface area contributed by atoms with Gasteiger partial charge < -0.3 is 15.4 Å². The first-order valence-electron chi connectivity index (χ1n) is 10.2. The fraction of sp³-hybridized carbons (Fsp3) is 0.304. The average molecular weight is 418 g/mol. The Hall–Kier alpha value is -3.68. The summed E-state index contributed by atoms with van der Waals surface area (Å²) in [6.07, 6.45) is 3.07. The van der Waals surface area contributed by atoms with Gasteiger partial charge in [0.1, 0.15) is 11.4 Å². The molecular weight excluding hydrogens is 396 g/mol. The maximum absolute atomic E-state index is 13.1. The van der Waals surface area contributed by atoms with E-state index in [2.05, 4.69) is 10.2 Å². The number of primary amides is 1. The number of nitrogens with two attached hydrogens (primary N) is 1. The van der Waals surface area contributed by atoms with Crippen molar-refractivity contribution in [1.29, 1.82) is 0 Å². The number of rotatable bonds is 2. The van der Waals surface area contributed by atoms with Crippen molar-refractivity contribution in [3.8, 4) is 5.75 Å². The standard InChI is InChI=1S/C23H22N4O4/c1-13-8-15(9-16-12-25-26-20(13)16)22(30)27-6-4-23(5-7-27)11-18(28)17-10-14(21(24)29)2-3-19(17)31-23/h2-3,8-10,12H,4-7,11H2,1H3,(H2,24,29)(H,25,26). The number of aromatic nitrogens is 2. The van der Waals surface area contributed by atoms with E-state index in [0.717, 1.165) is 16.5 Å². The quantitative estimate of drug-likeness (QED) is 0.663. The lowest BCUT2D eigenvalue weighted by Gasteiger charge is -2.44. The molecule has 3 aromatic rings. The van der Waals surface area contributed by atoms with Crippen LogP contribution in [0.25, 0.3) is 10.9 Å². The number of likely N-dealkylation sites (tertiary alicyclic amines) is 1. The van der Waals surface area contributed by atoms with Crippen LogP contribution in [-0.4, -0.2) is 51.4 Å². The average Bonchev–Trinajstić information content (AvgIpc) is 3.23. The minimum atomic E-state index is -0.625. The third-order valence-corrected chi connectivity index (χ3v) is 6.33. The number of hydrogen-bond donors (Lipinski definition) is 2. The SMILES string of the molecule is Cc1cc(C(=O)N2CCC3(CC2)CC(=O)c2cc(C(N)=O)ccc2O3)cc2cn[nH]c12. The highest BCUT2D eigenvalue weighted by Gasteiger charge is 2.44. The van der Waals surface area contributed by atoms with Crippen LogP contribution in [0.1, 0.15) is 55.9 Å². The molecule has 2 amide bonds. The molecule has 8 nitrogen and oxygen atoms in total. The summed E-state index contributed by atoms with van der Waals surface area (Å²) >= 11 is 0. The second kappa shape index (κ2) is 6.94. The summed E-state index contributed by atoms with van der Waals surface area (Å²) in [7, 11) is 0. The lowest BCUT2D eigenvalue weighted by Crippen LogP contribution is -2.52. The van der Waals surface area contributed by atoms with Crippen LogP contribution in [0, 0.1) is 6.92 Å². The number of Topliss-reactive ketones (excluding diaryl/α,β-unsaturated/α-hetero) is 1. The zero-order valence-corrected chi connectivity index (χ0v) is 17.1. The first kappa shape index (κ1) is 19.3. The van der Waals surface area contributed by atoms with Gasteiger partial charge in [-0.25, -0.2) is 0 Å². The number of ether oxygens (including phenoxy) is 1. The molecule has 1 spiro atoms. The fourth-order valence-electron chi connectivity index (χ4n) is 4.58. The summed E-state index contributed by atoms with van der Waals surface area (Å²) in [6.45, 7) is 2.96. The molecular formula is C23H22N4O4. The molecule has 1 aromatic heterocycles. The van der Waals surface area contributed by atoms with E-state index < -0.39 is 11.5 Å². The zero-order valence-electron chi connectivity index (χ0n) is 17.1. The van der Waals surface area contributed by atoms with Gasteiger partial charge in [0.25, 0.3) is 5.91 Å². The van der Waals surface area contributed by atoms with Gasteiger partial charge in [0.2, 0.25) is 5.91 Å². The lowest BCUT2D eigenvalue weighted by molar-refractivity contribution is -0.00571. The number of aromatic amines is 1. The predicted octanol–water partition coefficient (Wildman–Crippen LogP) is 2.61. The van der Waals surface area contributed by atoms with Gasteiger partial charge in [0.05, 0.1) is 23.7 Å². The Labute approximate surface area is 178 Å². The largest absolute Gasteiger partial charge is 0.486 e. The van der Waals surface area contributed by atoms with Crippen molar-refractivity contribution in [1.82, 2.24) is 15.1 Å². The number of amides is 2. The van der Waals surface area contributed by atoms with Crippen molar-refractivity contribution in [2.75, 3.05) is 13.1 Å². The summed E-state index contributed by atoms with van der Waals surface area (Å²) in [6, 6.07) is 8.43. The Morgan fingerprint density at radius 1 is 1.16 bits per heavy atom. The predicted molar refractivity (Wildman–Crippen MR) is 113 cm³/mol. The number of ketones is 1. The van der Waals surface area contributed by atoms with E-state index in [1.54, 1.807) is 18.3 Å². The Morgan fingerprint density at radius 2 is 1.94 bits per heavy atom. The number of nitrogens with one attached hydrogen (secondary N) is 1. The van der Waals surface area contributed by atoms with E-state index >= 15 is 0 Å². The van der Waals surface area contributed by atoms with E-state index in [0.29, 0.717) is 42.8 Å². The summed E-state index contributed by atoms with van der Waals surface area (Å²) < 4.78 is 6.24. The van der Waals surface area contributed by atoms with Gasteiger partial charge in [0, 0.05) is 42.4 Å². The second-order valence-electron chi connectivity index (χ2n) is 8.38. The molecule has 0 atom stereocenters. The van der Waals surface area contributed by atoms with Crippen LogP contribution in [0.3, 0.4) is 0 Å². The number of nitrogens with zero attached hydrogens (tertiary/aromatic N) is 2. The molecule has 8 heteroatoms. The molecule has 0 saturated carbocycles. The Balaban J connectivity index is 1.33. The van der Waals surface area contributed by atoms with Crippen molar-refractivity contribution in [3.05, 3.63) is 58.8 Å². The molecule has 0 radical (unpaired) electrons. The number of aryl methyl sites for hydroxylation is 1. The van der Waals surface area contributed by atoms with Crippen LogP contribution in [0.15, 0.2) is 36.5 Å². The number of piperidine rings is 1. The first-order valence-corrected chi connectivity index (χ1v) is 10.2. The van der Waals surface area contributed by atoms with Crippen LogP contribution in [0.2, 0.25) is 0 Å². The molecule has 158 valence electrons. The molecule has 3 heterocycles. The molecule has 2 aromatic carbocycles. The summed E-state index contributed by atoms with van der Waals surface area (Å²) in [4.78, 5) is 39.1. The van der Waals surface area contributed by atoms with Gasteiger partial charge >= 0.3 is 0 Å². The monoisotopic (exact) mass is 418 g/mol. The maximum atomic E-state index is 13.1. The molecule has 3 N–H and O–H groups in total. The number of carbonyl (C=O) groups is 3. The minimum Gasteiger partial charge on any atom is -0.486 e. The van der Waals surface area contributed by atoms with Gasteiger partial charge in [-0.1, -0.05) is 0 Å². The molecule has 1 fully saturated rings. The Kier molecular flexibility index (Phi) is 4.32. The minimum absolute atomic E-state index is 0.0327. The maximum Gasteiger partial charge on any atom is 0.253 e. The van der Waals surface area contributed by atoms with Crippen LogP contribution >= 0.6 is 0 Å². The van der Waals surface area contributed by atoms with Gasteiger partial charge in [-0.15, -0.1) is 0 Å². The third-order valence-electron chi connectivity index (χ3n) is 6.33. The molecule has 5 rings (SSSR count). The third kappa shape index (κ3) is 3.24. The summed E-state index contributed by atoms with van der Waals surface area (Å²) in [5, 5.41) is 7.90. The van der Waals surface area contributed by atoms with E-state index in [-0.39, 0.29) is 23.7 Å². The number of carbonyl (C=O) groups excluding carboxylic acids is 3. The molecule has 2 aliphatic heterocycles. The second-order valence-corrected chi connectivity index (χ2v) is 8.38. The fourth-order valence-corrected chi connectivity index (χ4v) is 4.58. The van der Waals surface area contributed by atoms with Gasteiger partial charge in [-0.05, 0) is 42.8 Å². The van der Waals surface area contributed by atoms with E-state index in [9.17, 15) is 14.4 Å². The van der Waals surface area contributed by atoms with Crippen LogP contribution in [0.5, 0.6) is 5.75 Å². The lowest BCUT2D eigenvalue weighted by atomic mass is 9.82. The molecule has 0 aliphatic carbocycles. The Morgan fingerprint density at radius 3 is 2.68 bits per heavy atom. The highest BCUT2D eigenvalue weighted by Crippen LogP contribution is 2.40. The van der Waals surface area contributed by atoms with Crippen molar-refractivity contribution in [3.63, 3.8) is 0 Å². The van der Waals surface area contributed by atoms with Crippen LogP contribution in [0.4, 0.5) is 0 Å². The number of fused-ring (bicyclic) bond motifs is 2. The topological polar surface area (TPSA) is 118 Å². The van der Waals surface area contributed by atoms with Gasteiger partial charge in [-0.2, -0.15) is 5.10 Å². The van der Waals surface area contributed by atoms with E-state index in [1.807, 2.05) is 24.0 Å². The molecule has 0 unspecified atom stereocenters. The molecule has 0 bridgehead atoms. The Bertz CT molecular complexity index is 1240. The van der Waals surface area contributed by atoms with Crippen LogP contribution in [-0.2, 0) is 0 Å². The molecule has 1 saturated heterocycles. The highest BCUT2D eigenvalue weighted by atomic mass is 16.5. The molecule has 2 aliphatic rings. The van der Waals surface area contributed by atoms with Gasteiger partial charge in [0.15, 0.2) is 5.78 Å². The normalized spacial score (nSPS) is 17.5. The van der Waals surface area contributed by atoms with E-state index in [4.69, 9.17) is 10.5 Å². The van der Waals surface area contributed by atoms with Crippen LogP contribution < -0.4 is 10.5 Å². The van der Waals surface area contributed by atoms with Crippen molar-refractivity contribution in [2.45, 2.75) is 31.8 Å². The van der Waals surface area contributed by atoms with E-state index in [1.165, 1.54) is 6.07 Å². The number of hydrogen-bond acceptors (Lipinski definition) is 5.